The van der Waals surface area contributed by atoms with E-state index in [1.165, 1.54) is 0 Å². The van der Waals surface area contributed by atoms with Crippen molar-refractivity contribution in [2.45, 2.75) is 84.5 Å². The number of nitrogens with one attached hydrogen (secondary N) is 3. The molecular weight excluding hydrogens is 485 g/mol. The van der Waals surface area contributed by atoms with Gasteiger partial charge in [-0.2, -0.15) is 5.10 Å². The molecular formula is C19H36IN7O2. The third-order valence-corrected chi connectivity index (χ3v) is 4.40. The number of alkyl carbamates (subject to hydrolysis) is 1. The van der Waals surface area contributed by atoms with E-state index in [-0.39, 0.29) is 36.1 Å². The Morgan fingerprint density at radius 1 is 1.41 bits per heavy atom. The van der Waals surface area contributed by atoms with E-state index >= 15 is 0 Å². The summed E-state index contributed by atoms with van der Waals surface area (Å²) in [4.78, 5) is 20.8. The molecule has 0 aliphatic carbocycles. The third kappa shape index (κ3) is 8.75. The smallest absolute Gasteiger partial charge is 0.407 e. The van der Waals surface area contributed by atoms with Gasteiger partial charge >= 0.3 is 6.09 Å². The van der Waals surface area contributed by atoms with Gasteiger partial charge in [0.05, 0.1) is 6.54 Å². The molecule has 2 unspecified atom stereocenters. The second kappa shape index (κ2) is 11.6. The molecule has 1 aromatic rings. The first-order valence-corrected chi connectivity index (χ1v) is 10.1. The van der Waals surface area contributed by atoms with Gasteiger partial charge in [0.2, 0.25) is 0 Å². The molecule has 0 saturated heterocycles. The van der Waals surface area contributed by atoms with Crippen LogP contribution in [0.5, 0.6) is 0 Å². The fourth-order valence-corrected chi connectivity index (χ4v) is 3.21. The summed E-state index contributed by atoms with van der Waals surface area (Å²) in [6.07, 6.45) is 3.30. The number of carbonyl (C=O) groups is 1. The van der Waals surface area contributed by atoms with E-state index in [9.17, 15) is 4.79 Å². The second-order valence-corrected chi connectivity index (χ2v) is 8.22. The molecule has 0 aromatic carbocycles. The molecule has 0 saturated carbocycles. The van der Waals surface area contributed by atoms with Gasteiger partial charge in [0.15, 0.2) is 5.96 Å². The first kappa shape index (κ1) is 25.4. The minimum atomic E-state index is -0.509. The van der Waals surface area contributed by atoms with Crippen molar-refractivity contribution >= 4 is 36.0 Å². The average molecular weight is 521 g/mol. The van der Waals surface area contributed by atoms with Crippen LogP contribution in [0.3, 0.4) is 0 Å². The van der Waals surface area contributed by atoms with Gasteiger partial charge in [0, 0.05) is 32.1 Å². The zero-order valence-corrected chi connectivity index (χ0v) is 20.7. The van der Waals surface area contributed by atoms with E-state index in [0.29, 0.717) is 6.54 Å². The van der Waals surface area contributed by atoms with E-state index < -0.39 is 11.7 Å². The Bertz CT molecular complexity index is 685. The number of nitrogens with zero attached hydrogens (tertiary/aromatic N) is 4. The molecule has 9 nitrogen and oxygen atoms in total. The van der Waals surface area contributed by atoms with E-state index in [0.717, 1.165) is 49.8 Å². The van der Waals surface area contributed by atoms with Gasteiger partial charge in [-0.05, 0) is 40.5 Å². The number of aryl methyl sites for hydroxylation is 2. The molecule has 1 aliphatic heterocycles. The first-order chi connectivity index (χ1) is 13.2. The fraction of sp³-hybridized carbons (Fsp3) is 0.789. The SMILES string of the molecule is CCCC(CNC(=NC)NC1CCc2nc(C)nn2C1)NC(=O)OC(C)(C)C.I. The quantitative estimate of drug-likeness (QED) is 0.302. The predicted octanol–water partition coefficient (Wildman–Crippen LogP) is 2.38. The summed E-state index contributed by atoms with van der Waals surface area (Å²) in [7, 11) is 1.75. The van der Waals surface area contributed by atoms with Crippen LogP contribution >= 0.6 is 24.0 Å². The Kier molecular flexibility index (Phi) is 10.1. The summed E-state index contributed by atoms with van der Waals surface area (Å²) >= 11 is 0. The van der Waals surface area contributed by atoms with Crippen LogP contribution in [0, 0.1) is 6.92 Å². The molecule has 1 aliphatic rings. The van der Waals surface area contributed by atoms with E-state index in [1.54, 1.807) is 7.05 Å². The first-order valence-electron chi connectivity index (χ1n) is 10.1. The monoisotopic (exact) mass is 521 g/mol. The van der Waals surface area contributed by atoms with Gasteiger partial charge in [-0.1, -0.05) is 13.3 Å². The van der Waals surface area contributed by atoms with E-state index in [4.69, 9.17) is 4.74 Å². The van der Waals surface area contributed by atoms with Crippen LogP contribution in [0.1, 0.15) is 58.6 Å². The van der Waals surface area contributed by atoms with Crippen molar-refractivity contribution in [3.63, 3.8) is 0 Å². The number of aromatic nitrogens is 3. The highest BCUT2D eigenvalue weighted by molar-refractivity contribution is 14.0. The van der Waals surface area contributed by atoms with Gasteiger partial charge in [-0.25, -0.2) is 14.5 Å². The molecule has 10 heteroatoms. The van der Waals surface area contributed by atoms with Crippen molar-refractivity contribution in [1.29, 1.82) is 0 Å². The van der Waals surface area contributed by atoms with Crippen molar-refractivity contribution in [2.75, 3.05) is 13.6 Å². The van der Waals surface area contributed by atoms with Crippen LogP contribution in [-0.4, -0.2) is 58.1 Å². The third-order valence-electron chi connectivity index (χ3n) is 4.40. The van der Waals surface area contributed by atoms with E-state index in [1.807, 2.05) is 32.4 Å². The lowest BCUT2D eigenvalue weighted by molar-refractivity contribution is 0.0502. The summed E-state index contributed by atoms with van der Waals surface area (Å²) in [6.45, 7) is 10.9. The van der Waals surface area contributed by atoms with Gasteiger partial charge in [-0.15, -0.1) is 24.0 Å². The average Bonchev–Trinajstić information content (AvgIpc) is 2.96. The number of fused-ring (bicyclic) bond motifs is 1. The molecule has 2 rings (SSSR count). The zero-order chi connectivity index (χ0) is 20.7. The molecule has 0 bridgehead atoms. The standard InChI is InChI=1S/C19H35N7O2.HI/c1-7-8-14(24-18(27)28-19(3,4)5)11-21-17(20-6)23-15-9-10-16-22-13(2)25-26(16)12-15;/h14-15H,7-12H2,1-6H3,(H,24,27)(H2,20,21,23);1H. The Morgan fingerprint density at radius 3 is 2.76 bits per heavy atom. The number of guanidine groups is 1. The second-order valence-electron chi connectivity index (χ2n) is 8.22. The molecule has 1 amide bonds. The lowest BCUT2D eigenvalue weighted by atomic mass is 10.1. The lowest BCUT2D eigenvalue weighted by Gasteiger charge is -2.27. The highest BCUT2D eigenvalue weighted by atomic mass is 127. The maximum Gasteiger partial charge on any atom is 0.407 e. The molecule has 166 valence electrons. The largest absolute Gasteiger partial charge is 0.444 e. The van der Waals surface area contributed by atoms with Crippen molar-refractivity contribution in [3.8, 4) is 0 Å². The maximum absolute atomic E-state index is 12.1. The predicted molar refractivity (Wildman–Crippen MR) is 125 cm³/mol. The number of hydrogen-bond donors (Lipinski definition) is 3. The molecule has 0 spiro atoms. The van der Waals surface area contributed by atoms with Gasteiger partial charge in [-0.3, -0.25) is 4.99 Å². The fourth-order valence-electron chi connectivity index (χ4n) is 3.21. The molecule has 3 N–H and O–H groups in total. The summed E-state index contributed by atoms with van der Waals surface area (Å²) < 4.78 is 7.33. The summed E-state index contributed by atoms with van der Waals surface area (Å²) in [6, 6.07) is 0.206. The Morgan fingerprint density at radius 2 is 2.14 bits per heavy atom. The van der Waals surface area contributed by atoms with Crippen molar-refractivity contribution in [1.82, 2.24) is 30.7 Å². The minimum Gasteiger partial charge on any atom is -0.444 e. The molecule has 2 atom stereocenters. The zero-order valence-electron chi connectivity index (χ0n) is 18.4. The molecule has 2 heterocycles. The number of aliphatic imine (C=N–C) groups is 1. The number of carbonyl (C=O) groups excluding carboxylic acids is 1. The number of ether oxygens (including phenoxy) is 1. The number of amides is 1. The summed E-state index contributed by atoms with van der Waals surface area (Å²) in [5.74, 6) is 2.58. The van der Waals surface area contributed by atoms with Gasteiger partial charge in [0.25, 0.3) is 0 Å². The van der Waals surface area contributed by atoms with Crippen LogP contribution in [0.25, 0.3) is 0 Å². The summed E-state index contributed by atoms with van der Waals surface area (Å²) in [5.41, 5.74) is -0.509. The Balaban J connectivity index is 0.00000420. The van der Waals surface area contributed by atoms with Crippen molar-refractivity contribution in [2.24, 2.45) is 4.99 Å². The molecule has 29 heavy (non-hydrogen) atoms. The number of hydrogen-bond acceptors (Lipinski definition) is 5. The van der Waals surface area contributed by atoms with Gasteiger partial charge < -0.3 is 20.7 Å². The minimum absolute atomic E-state index is 0. The normalized spacial score (nSPS) is 17.6. The van der Waals surface area contributed by atoms with E-state index in [2.05, 4.69) is 37.9 Å². The highest BCUT2D eigenvalue weighted by Crippen LogP contribution is 2.12. The van der Waals surface area contributed by atoms with Crippen molar-refractivity contribution in [3.05, 3.63) is 11.6 Å². The lowest BCUT2D eigenvalue weighted by Crippen LogP contribution is -2.51. The topological polar surface area (TPSA) is 105 Å². The highest BCUT2D eigenvalue weighted by Gasteiger charge is 2.23. The maximum atomic E-state index is 12.1. The Labute approximate surface area is 190 Å². The van der Waals surface area contributed by atoms with Crippen LogP contribution in [0.4, 0.5) is 4.79 Å². The van der Waals surface area contributed by atoms with Gasteiger partial charge in [0.1, 0.15) is 17.2 Å². The van der Waals surface area contributed by atoms with Crippen molar-refractivity contribution < 1.29 is 9.53 Å². The Hall–Kier alpha value is -1.59. The van der Waals surface area contributed by atoms with Crippen LogP contribution in [0.15, 0.2) is 4.99 Å². The number of rotatable bonds is 6. The molecule has 0 fully saturated rings. The molecule has 1 aromatic heterocycles. The number of halogens is 1. The molecule has 0 radical (unpaired) electrons. The van der Waals surface area contributed by atoms with Crippen LogP contribution in [0.2, 0.25) is 0 Å². The summed E-state index contributed by atoms with van der Waals surface area (Å²) in [5, 5.41) is 14.2. The van der Waals surface area contributed by atoms with Crippen LogP contribution in [-0.2, 0) is 17.7 Å². The van der Waals surface area contributed by atoms with Crippen LogP contribution < -0.4 is 16.0 Å².